The first-order valence-electron chi connectivity index (χ1n) is 13.8. The van der Waals surface area contributed by atoms with Crippen LogP contribution in [0.5, 0.6) is 5.75 Å². The molecule has 5 heteroatoms. The van der Waals surface area contributed by atoms with Gasteiger partial charge >= 0.3 is 29.6 Å². The number of carbonyl (C=O) groups is 1. The molecule has 1 aromatic heterocycles. The van der Waals surface area contributed by atoms with Crippen LogP contribution in [-0.4, -0.2) is 16.6 Å². The molecule has 4 rings (SSSR count). The Morgan fingerprint density at radius 2 is 1.46 bits per heavy atom. The van der Waals surface area contributed by atoms with Crippen molar-refractivity contribution in [3.8, 4) is 22.7 Å². The molecule has 1 heterocycles. The monoisotopic (exact) mass is 531 g/mol. The van der Waals surface area contributed by atoms with Crippen LogP contribution in [0.15, 0.2) is 91.0 Å². The van der Waals surface area contributed by atoms with E-state index in [-0.39, 0.29) is 36.0 Å². The van der Waals surface area contributed by atoms with E-state index >= 15 is 0 Å². The number of benzene rings is 3. The van der Waals surface area contributed by atoms with Gasteiger partial charge in [0.2, 0.25) is 0 Å². The van der Waals surface area contributed by atoms with Gasteiger partial charge in [-0.05, 0) is 85.0 Å². The number of unbranched alkanes of at least 4 members (excludes halogenated alkanes) is 5. The third-order valence-electron chi connectivity index (χ3n) is 7.04. The maximum atomic E-state index is 11.7. The number of aliphatic carboxylic acids is 1. The fourth-order valence-electron chi connectivity index (χ4n) is 4.90. The van der Waals surface area contributed by atoms with E-state index in [0.717, 1.165) is 34.6 Å². The van der Waals surface area contributed by atoms with Crippen molar-refractivity contribution in [2.45, 2.75) is 71.3 Å². The first-order chi connectivity index (χ1) is 18.5. The van der Waals surface area contributed by atoms with Gasteiger partial charge in [0.1, 0.15) is 11.9 Å². The summed E-state index contributed by atoms with van der Waals surface area (Å²) in [5, 5.41) is 11.7. The van der Waals surface area contributed by atoms with Crippen LogP contribution in [0.25, 0.3) is 16.9 Å². The van der Waals surface area contributed by atoms with Crippen molar-refractivity contribution in [3.63, 3.8) is 0 Å². The Kier molecular flexibility index (Phi) is 12.4. The van der Waals surface area contributed by atoms with Crippen molar-refractivity contribution in [3.05, 3.63) is 108 Å². The van der Waals surface area contributed by atoms with Gasteiger partial charge in [-0.3, -0.25) is 0 Å². The largest absolute Gasteiger partial charge is 1.00 e. The predicted molar refractivity (Wildman–Crippen MR) is 153 cm³/mol. The Morgan fingerprint density at radius 3 is 2.13 bits per heavy atom. The van der Waals surface area contributed by atoms with Gasteiger partial charge in [0, 0.05) is 17.8 Å². The number of carbonyl (C=O) groups excluding carboxylic acids is 1. The molecular formula is C34H38NNaO3. The average molecular weight is 532 g/mol. The number of ether oxygens (including phenoxy) is 1. The summed E-state index contributed by atoms with van der Waals surface area (Å²) in [4.78, 5) is 11.7. The van der Waals surface area contributed by atoms with Crippen LogP contribution in [0.3, 0.4) is 0 Å². The zero-order chi connectivity index (χ0) is 26.7. The van der Waals surface area contributed by atoms with Crippen molar-refractivity contribution < 1.29 is 44.2 Å². The summed E-state index contributed by atoms with van der Waals surface area (Å²) >= 11 is 0. The van der Waals surface area contributed by atoms with Crippen LogP contribution in [0.1, 0.15) is 62.3 Å². The van der Waals surface area contributed by atoms with Gasteiger partial charge in [0.25, 0.3) is 0 Å². The molecule has 0 saturated carbocycles. The predicted octanol–water partition coefficient (Wildman–Crippen LogP) is 4.10. The molecule has 0 unspecified atom stereocenters. The summed E-state index contributed by atoms with van der Waals surface area (Å²) in [7, 11) is 0. The molecule has 0 amide bonds. The molecule has 0 spiro atoms. The Bertz CT molecular complexity index is 1280. The number of hydrogen-bond acceptors (Lipinski definition) is 3. The fraction of sp³-hybridized carbons (Fsp3) is 0.324. The normalized spacial score (nSPS) is 11.5. The molecule has 0 aliphatic rings. The number of hydrogen-bond donors (Lipinski definition) is 0. The van der Waals surface area contributed by atoms with E-state index in [1.807, 2.05) is 54.6 Å². The molecular weight excluding hydrogens is 493 g/mol. The number of rotatable bonds is 14. The van der Waals surface area contributed by atoms with E-state index in [0.29, 0.717) is 5.75 Å². The van der Waals surface area contributed by atoms with Crippen LogP contribution in [0.2, 0.25) is 0 Å². The third-order valence-corrected chi connectivity index (χ3v) is 7.04. The van der Waals surface area contributed by atoms with Gasteiger partial charge < -0.3 is 19.2 Å². The van der Waals surface area contributed by atoms with Gasteiger partial charge in [-0.15, -0.1) is 0 Å². The minimum absolute atomic E-state index is 0. The van der Waals surface area contributed by atoms with E-state index in [1.165, 1.54) is 44.1 Å². The van der Waals surface area contributed by atoms with E-state index in [2.05, 4.69) is 54.8 Å². The second-order valence-corrected chi connectivity index (χ2v) is 10.0. The summed E-state index contributed by atoms with van der Waals surface area (Å²) < 4.78 is 8.05. The number of nitrogens with zero attached hydrogens (tertiary/aromatic N) is 1. The molecule has 198 valence electrons. The van der Waals surface area contributed by atoms with Crippen molar-refractivity contribution in [2.75, 3.05) is 0 Å². The van der Waals surface area contributed by atoms with Gasteiger partial charge in [0.05, 0.1) is 11.7 Å². The van der Waals surface area contributed by atoms with E-state index in [4.69, 9.17) is 4.74 Å². The van der Waals surface area contributed by atoms with Crippen LogP contribution >= 0.6 is 0 Å². The average Bonchev–Trinajstić information content (AvgIpc) is 3.32. The molecule has 1 atom stereocenters. The summed E-state index contributed by atoms with van der Waals surface area (Å²) in [6.07, 6.45) is 8.20. The molecule has 0 aliphatic heterocycles. The van der Waals surface area contributed by atoms with Crippen LogP contribution in [-0.2, 0) is 17.6 Å². The summed E-state index contributed by atoms with van der Waals surface area (Å²) in [5.74, 6) is -0.713. The minimum Gasteiger partial charge on any atom is -0.546 e. The number of aryl methyl sites for hydroxylation is 2. The van der Waals surface area contributed by atoms with Gasteiger partial charge in [-0.1, -0.05) is 81.5 Å². The van der Waals surface area contributed by atoms with Crippen molar-refractivity contribution in [1.29, 1.82) is 0 Å². The Labute approximate surface area is 255 Å². The number of aromatic nitrogens is 1. The molecule has 0 fully saturated rings. The van der Waals surface area contributed by atoms with Crippen molar-refractivity contribution >= 4 is 5.97 Å². The second-order valence-electron chi connectivity index (χ2n) is 10.0. The zero-order valence-electron chi connectivity index (χ0n) is 23.6. The van der Waals surface area contributed by atoms with E-state index in [1.54, 1.807) is 0 Å². The standard InChI is InChI=1S/C34H39NO3.Na/c1-3-4-5-6-7-9-12-27-16-20-30(21-17-27)35-26(2)15-24-32(35)29-18-22-31(23-19-29)38-33(34(36)37)25-28-13-10-8-11-14-28;/h8,10-11,13-24,33H,3-7,9,12,25H2,1-2H3,(H,36,37);/q;+1/p-1/t33-;/m1./s1. The molecule has 0 N–H and O–H groups in total. The Morgan fingerprint density at radius 1 is 0.795 bits per heavy atom. The van der Waals surface area contributed by atoms with Crippen LogP contribution in [0, 0.1) is 6.92 Å². The quantitative estimate of drug-likeness (QED) is 0.182. The molecule has 0 saturated heterocycles. The Balaban J connectivity index is 0.00000420. The Hall–Kier alpha value is -2.79. The van der Waals surface area contributed by atoms with Crippen LogP contribution in [0.4, 0.5) is 0 Å². The fourth-order valence-corrected chi connectivity index (χ4v) is 4.90. The van der Waals surface area contributed by atoms with Crippen molar-refractivity contribution in [1.82, 2.24) is 4.57 Å². The first-order valence-corrected chi connectivity index (χ1v) is 13.8. The molecule has 0 bridgehead atoms. The van der Waals surface area contributed by atoms with Crippen molar-refractivity contribution in [2.24, 2.45) is 0 Å². The molecule has 0 radical (unpaired) electrons. The first kappa shape index (κ1) is 30.7. The zero-order valence-corrected chi connectivity index (χ0v) is 25.6. The van der Waals surface area contributed by atoms with Crippen LogP contribution < -0.4 is 39.4 Å². The molecule has 3 aromatic carbocycles. The van der Waals surface area contributed by atoms with Gasteiger partial charge in [-0.25, -0.2) is 0 Å². The molecule has 0 aliphatic carbocycles. The molecule has 4 nitrogen and oxygen atoms in total. The summed E-state index contributed by atoms with van der Waals surface area (Å²) in [6.45, 7) is 4.37. The second kappa shape index (κ2) is 15.7. The number of carboxylic acid groups (broad SMARTS) is 1. The smallest absolute Gasteiger partial charge is 0.546 e. The van der Waals surface area contributed by atoms with Gasteiger partial charge in [0.15, 0.2) is 0 Å². The summed E-state index contributed by atoms with van der Waals surface area (Å²) in [5.41, 5.74) is 6.69. The minimum atomic E-state index is -1.22. The third kappa shape index (κ3) is 8.86. The summed E-state index contributed by atoms with van der Waals surface area (Å²) in [6, 6.07) is 30.2. The maximum Gasteiger partial charge on any atom is 1.00 e. The number of carboxylic acids is 1. The van der Waals surface area contributed by atoms with Gasteiger partial charge in [-0.2, -0.15) is 0 Å². The topological polar surface area (TPSA) is 54.3 Å². The SMILES string of the molecule is CCCCCCCCc1ccc(-n2c(C)ccc2-c2ccc(O[C@H](Cc3ccccc3)C(=O)[O-])cc2)cc1.[Na+]. The molecule has 4 aromatic rings. The maximum absolute atomic E-state index is 11.7. The van der Waals surface area contributed by atoms with E-state index in [9.17, 15) is 9.90 Å². The van der Waals surface area contributed by atoms with E-state index < -0.39 is 12.1 Å². The molecule has 39 heavy (non-hydrogen) atoms.